The fourth-order valence-electron chi connectivity index (χ4n) is 2.00. The van der Waals surface area contributed by atoms with Gasteiger partial charge in [-0.15, -0.1) is 0 Å². The predicted molar refractivity (Wildman–Crippen MR) is 49.7 cm³/mol. The highest BCUT2D eigenvalue weighted by molar-refractivity contribution is 4.83. The summed E-state index contributed by atoms with van der Waals surface area (Å²) in [4.78, 5) is 0. The molecule has 0 saturated heterocycles. The minimum Gasteiger partial charge on any atom is -0.330 e. The third-order valence-electron chi connectivity index (χ3n) is 3.29. The van der Waals surface area contributed by atoms with Gasteiger partial charge in [0.15, 0.2) is 0 Å². The standard InChI is InChI=1S/C10H20FN/c1-10(2,7-12)8-3-5-9(11)6-4-8/h8-9H,3-7,12H2,1-2H3. The maximum atomic E-state index is 12.8. The Morgan fingerprint density at radius 3 is 2.17 bits per heavy atom. The zero-order chi connectivity index (χ0) is 9.19. The monoisotopic (exact) mass is 173 g/mol. The minimum atomic E-state index is -0.546. The zero-order valence-electron chi connectivity index (χ0n) is 8.15. The highest BCUT2D eigenvalue weighted by atomic mass is 19.1. The van der Waals surface area contributed by atoms with E-state index >= 15 is 0 Å². The number of alkyl halides is 1. The van der Waals surface area contributed by atoms with Crippen LogP contribution in [0.5, 0.6) is 0 Å². The van der Waals surface area contributed by atoms with Crippen molar-refractivity contribution < 1.29 is 4.39 Å². The van der Waals surface area contributed by atoms with Crippen LogP contribution in [0, 0.1) is 11.3 Å². The van der Waals surface area contributed by atoms with E-state index in [-0.39, 0.29) is 5.41 Å². The topological polar surface area (TPSA) is 26.0 Å². The molecule has 0 heterocycles. The van der Waals surface area contributed by atoms with Gasteiger partial charge in [-0.05, 0) is 43.6 Å². The van der Waals surface area contributed by atoms with Crippen LogP contribution in [-0.4, -0.2) is 12.7 Å². The Kier molecular flexibility index (Phi) is 3.10. The molecule has 0 aromatic carbocycles. The quantitative estimate of drug-likeness (QED) is 0.682. The largest absolute Gasteiger partial charge is 0.330 e. The molecule has 0 aliphatic heterocycles. The lowest BCUT2D eigenvalue weighted by Gasteiger charge is -2.36. The van der Waals surface area contributed by atoms with Gasteiger partial charge in [-0.3, -0.25) is 0 Å². The summed E-state index contributed by atoms with van der Waals surface area (Å²) in [7, 11) is 0. The molecule has 0 aromatic rings. The van der Waals surface area contributed by atoms with Crippen LogP contribution in [-0.2, 0) is 0 Å². The Hall–Kier alpha value is -0.110. The molecule has 0 unspecified atom stereocenters. The van der Waals surface area contributed by atoms with Crippen LogP contribution in [0.15, 0.2) is 0 Å². The lowest BCUT2D eigenvalue weighted by atomic mass is 9.71. The first-order chi connectivity index (χ1) is 5.56. The fourth-order valence-corrected chi connectivity index (χ4v) is 2.00. The highest BCUT2D eigenvalue weighted by Crippen LogP contribution is 2.38. The van der Waals surface area contributed by atoms with Crippen molar-refractivity contribution in [3.05, 3.63) is 0 Å². The average Bonchev–Trinajstić information content (AvgIpc) is 2.05. The molecule has 1 saturated carbocycles. The third-order valence-corrected chi connectivity index (χ3v) is 3.29. The highest BCUT2D eigenvalue weighted by Gasteiger charge is 2.31. The van der Waals surface area contributed by atoms with E-state index < -0.39 is 6.17 Å². The molecule has 0 aromatic heterocycles. The van der Waals surface area contributed by atoms with E-state index in [2.05, 4.69) is 13.8 Å². The van der Waals surface area contributed by atoms with Crippen LogP contribution in [0.4, 0.5) is 4.39 Å². The maximum Gasteiger partial charge on any atom is 0.100 e. The lowest BCUT2D eigenvalue weighted by Crippen LogP contribution is -2.35. The molecule has 0 atom stereocenters. The Morgan fingerprint density at radius 2 is 1.75 bits per heavy atom. The van der Waals surface area contributed by atoms with Crippen molar-refractivity contribution in [2.45, 2.75) is 45.7 Å². The van der Waals surface area contributed by atoms with Crippen LogP contribution < -0.4 is 5.73 Å². The zero-order valence-corrected chi connectivity index (χ0v) is 8.15. The molecule has 1 rings (SSSR count). The van der Waals surface area contributed by atoms with Crippen LogP contribution >= 0.6 is 0 Å². The van der Waals surface area contributed by atoms with Gasteiger partial charge in [0.1, 0.15) is 6.17 Å². The molecule has 2 heteroatoms. The molecule has 0 spiro atoms. The van der Waals surface area contributed by atoms with E-state index in [0.29, 0.717) is 12.5 Å². The summed E-state index contributed by atoms with van der Waals surface area (Å²) in [5, 5.41) is 0. The van der Waals surface area contributed by atoms with Crippen LogP contribution in [0.2, 0.25) is 0 Å². The molecule has 72 valence electrons. The van der Waals surface area contributed by atoms with Crippen molar-refractivity contribution in [1.82, 2.24) is 0 Å². The van der Waals surface area contributed by atoms with Crippen molar-refractivity contribution >= 4 is 0 Å². The first kappa shape index (κ1) is 9.97. The molecule has 1 nitrogen and oxygen atoms in total. The smallest absolute Gasteiger partial charge is 0.100 e. The van der Waals surface area contributed by atoms with Crippen molar-refractivity contribution in [2.75, 3.05) is 6.54 Å². The number of halogens is 1. The van der Waals surface area contributed by atoms with Crippen molar-refractivity contribution in [1.29, 1.82) is 0 Å². The second-order valence-electron chi connectivity index (χ2n) is 4.64. The van der Waals surface area contributed by atoms with Crippen LogP contribution in [0.1, 0.15) is 39.5 Å². The van der Waals surface area contributed by atoms with E-state index in [1.54, 1.807) is 0 Å². The summed E-state index contributed by atoms with van der Waals surface area (Å²) in [5.74, 6) is 0.634. The van der Waals surface area contributed by atoms with E-state index in [4.69, 9.17) is 5.73 Å². The van der Waals surface area contributed by atoms with Gasteiger partial charge >= 0.3 is 0 Å². The lowest BCUT2D eigenvalue weighted by molar-refractivity contribution is 0.120. The second kappa shape index (κ2) is 3.73. The Labute approximate surface area is 74.5 Å². The van der Waals surface area contributed by atoms with Gasteiger partial charge in [-0.1, -0.05) is 13.8 Å². The second-order valence-corrected chi connectivity index (χ2v) is 4.64. The number of nitrogens with two attached hydrogens (primary N) is 1. The maximum absolute atomic E-state index is 12.8. The van der Waals surface area contributed by atoms with Gasteiger partial charge < -0.3 is 5.73 Å². The Balaban J connectivity index is 2.44. The van der Waals surface area contributed by atoms with Crippen molar-refractivity contribution in [3.8, 4) is 0 Å². The van der Waals surface area contributed by atoms with Gasteiger partial charge in [0.2, 0.25) is 0 Å². The van der Waals surface area contributed by atoms with Gasteiger partial charge in [0.05, 0.1) is 0 Å². The number of hydrogen-bond acceptors (Lipinski definition) is 1. The molecule has 1 aliphatic rings. The summed E-state index contributed by atoms with van der Waals surface area (Å²) >= 11 is 0. The SMILES string of the molecule is CC(C)(CN)C1CCC(F)CC1. The van der Waals surface area contributed by atoms with Crippen LogP contribution in [0.3, 0.4) is 0 Å². The van der Waals surface area contributed by atoms with Gasteiger partial charge in [0.25, 0.3) is 0 Å². The molecule has 0 radical (unpaired) electrons. The van der Waals surface area contributed by atoms with Crippen LogP contribution in [0.25, 0.3) is 0 Å². The Morgan fingerprint density at radius 1 is 1.25 bits per heavy atom. The molecular weight excluding hydrogens is 153 g/mol. The summed E-state index contributed by atoms with van der Waals surface area (Å²) < 4.78 is 12.8. The molecular formula is C10H20FN. The van der Waals surface area contributed by atoms with E-state index in [0.717, 1.165) is 25.7 Å². The summed E-state index contributed by atoms with van der Waals surface area (Å²) in [5.41, 5.74) is 5.89. The molecule has 1 aliphatic carbocycles. The van der Waals surface area contributed by atoms with E-state index in [9.17, 15) is 4.39 Å². The first-order valence-electron chi connectivity index (χ1n) is 4.90. The molecule has 0 bridgehead atoms. The molecule has 0 amide bonds. The summed E-state index contributed by atoms with van der Waals surface area (Å²) in [6.07, 6.45) is 2.98. The van der Waals surface area contributed by atoms with E-state index in [1.165, 1.54) is 0 Å². The summed E-state index contributed by atoms with van der Waals surface area (Å²) in [6.45, 7) is 5.10. The molecule has 1 fully saturated rings. The summed E-state index contributed by atoms with van der Waals surface area (Å²) in [6, 6.07) is 0. The average molecular weight is 173 g/mol. The number of rotatable bonds is 2. The normalized spacial score (nSPS) is 32.0. The van der Waals surface area contributed by atoms with E-state index in [1.807, 2.05) is 0 Å². The Bertz CT molecular complexity index is 137. The fraction of sp³-hybridized carbons (Fsp3) is 1.00. The predicted octanol–water partition coefficient (Wildman–Crippen LogP) is 2.50. The van der Waals surface area contributed by atoms with Crippen molar-refractivity contribution in [3.63, 3.8) is 0 Å². The van der Waals surface area contributed by atoms with Gasteiger partial charge in [0, 0.05) is 0 Å². The van der Waals surface area contributed by atoms with Gasteiger partial charge in [-0.25, -0.2) is 4.39 Å². The minimum absolute atomic E-state index is 0.208. The first-order valence-corrected chi connectivity index (χ1v) is 4.90. The van der Waals surface area contributed by atoms with Gasteiger partial charge in [-0.2, -0.15) is 0 Å². The molecule has 12 heavy (non-hydrogen) atoms. The molecule has 2 N–H and O–H groups in total. The number of hydrogen-bond donors (Lipinski definition) is 1. The van der Waals surface area contributed by atoms with Crippen molar-refractivity contribution in [2.24, 2.45) is 17.1 Å². The third kappa shape index (κ3) is 2.19.